The minimum Gasteiger partial charge on any atom is -0.508 e. The quantitative estimate of drug-likeness (QED) is 0.342. The van der Waals surface area contributed by atoms with Crippen molar-refractivity contribution in [3.8, 4) is 5.75 Å². The number of rotatable bonds is 5. The van der Waals surface area contributed by atoms with Crippen LogP contribution in [-0.2, 0) is 0 Å². The lowest BCUT2D eigenvalue weighted by molar-refractivity contribution is 0.102. The molecular formula is C16H16N2O2S. The zero-order chi connectivity index (χ0) is 15.2. The highest BCUT2D eigenvalue weighted by Crippen LogP contribution is 2.28. The number of carbonyl (C=O) groups is 1. The van der Waals surface area contributed by atoms with Crippen LogP contribution in [0.15, 0.2) is 60.0 Å². The highest BCUT2D eigenvalue weighted by atomic mass is 32.2. The Kier molecular flexibility index (Phi) is 4.90. The second-order valence-electron chi connectivity index (χ2n) is 4.32. The van der Waals surface area contributed by atoms with E-state index in [4.69, 9.17) is 5.73 Å². The van der Waals surface area contributed by atoms with Crippen molar-refractivity contribution in [3.05, 3.63) is 60.7 Å². The van der Waals surface area contributed by atoms with Crippen LogP contribution in [-0.4, -0.2) is 16.8 Å². The summed E-state index contributed by atoms with van der Waals surface area (Å²) >= 11 is 1.58. The number of nitrogens with two attached hydrogens (primary N) is 1. The summed E-state index contributed by atoms with van der Waals surface area (Å²) in [6.45, 7) is 3.68. The number of amides is 1. The molecule has 0 spiro atoms. The first-order valence-electron chi connectivity index (χ1n) is 6.34. The fourth-order valence-corrected chi connectivity index (χ4v) is 2.52. The molecule has 0 heterocycles. The summed E-state index contributed by atoms with van der Waals surface area (Å²) in [4.78, 5) is 13.2. The van der Waals surface area contributed by atoms with Gasteiger partial charge in [-0.15, -0.1) is 18.3 Å². The van der Waals surface area contributed by atoms with Crippen molar-refractivity contribution in [1.29, 1.82) is 0 Å². The van der Waals surface area contributed by atoms with E-state index < -0.39 is 0 Å². The number of carbonyl (C=O) groups excluding carboxylic acids is 1. The van der Waals surface area contributed by atoms with Gasteiger partial charge in [-0.05, 0) is 30.3 Å². The molecule has 0 radical (unpaired) electrons. The van der Waals surface area contributed by atoms with E-state index in [1.807, 2.05) is 24.3 Å². The highest BCUT2D eigenvalue weighted by molar-refractivity contribution is 7.99. The van der Waals surface area contributed by atoms with Crippen LogP contribution < -0.4 is 11.1 Å². The first-order valence-corrected chi connectivity index (χ1v) is 7.33. The minimum absolute atomic E-state index is 0.00340. The van der Waals surface area contributed by atoms with Crippen LogP contribution in [0.3, 0.4) is 0 Å². The van der Waals surface area contributed by atoms with E-state index in [1.165, 1.54) is 18.2 Å². The van der Waals surface area contributed by atoms with Crippen LogP contribution >= 0.6 is 11.8 Å². The molecule has 1 amide bonds. The van der Waals surface area contributed by atoms with E-state index in [1.54, 1.807) is 17.8 Å². The monoisotopic (exact) mass is 300 g/mol. The van der Waals surface area contributed by atoms with E-state index in [0.29, 0.717) is 11.4 Å². The predicted molar refractivity (Wildman–Crippen MR) is 87.8 cm³/mol. The third-order valence-corrected chi connectivity index (χ3v) is 3.84. The highest BCUT2D eigenvalue weighted by Gasteiger charge is 2.12. The zero-order valence-electron chi connectivity index (χ0n) is 11.4. The van der Waals surface area contributed by atoms with E-state index >= 15 is 0 Å². The molecule has 5 heteroatoms. The summed E-state index contributed by atoms with van der Waals surface area (Å²) in [6.07, 6.45) is 1.80. The van der Waals surface area contributed by atoms with Crippen molar-refractivity contribution < 1.29 is 9.90 Å². The number of hydrogen-bond acceptors (Lipinski definition) is 4. The number of hydrogen-bond donors (Lipinski definition) is 3. The van der Waals surface area contributed by atoms with Crippen LogP contribution in [0, 0.1) is 0 Å². The van der Waals surface area contributed by atoms with Crippen LogP contribution in [0.5, 0.6) is 5.75 Å². The molecule has 0 saturated carbocycles. The number of para-hydroxylation sites is 1. The molecule has 0 aliphatic carbocycles. The number of nitrogens with one attached hydrogen (secondary N) is 1. The van der Waals surface area contributed by atoms with Gasteiger partial charge in [0.1, 0.15) is 5.75 Å². The summed E-state index contributed by atoms with van der Waals surface area (Å²) < 4.78 is 0. The van der Waals surface area contributed by atoms with Crippen molar-refractivity contribution in [2.75, 3.05) is 16.8 Å². The van der Waals surface area contributed by atoms with E-state index in [2.05, 4.69) is 11.9 Å². The smallest absolute Gasteiger partial charge is 0.257 e. The molecule has 2 rings (SSSR count). The van der Waals surface area contributed by atoms with Gasteiger partial charge in [0.15, 0.2) is 0 Å². The molecule has 0 aliphatic rings. The van der Waals surface area contributed by atoms with Gasteiger partial charge in [0.25, 0.3) is 5.91 Å². The molecule has 0 unspecified atom stereocenters. The summed E-state index contributed by atoms with van der Waals surface area (Å²) in [5.74, 6) is 0.403. The van der Waals surface area contributed by atoms with Crippen molar-refractivity contribution in [3.63, 3.8) is 0 Å². The van der Waals surface area contributed by atoms with E-state index in [9.17, 15) is 9.90 Å². The van der Waals surface area contributed by atoms with Crippen LogP contribution in [0.1, 0.15) is 10.4 Å². The Balaban J connectivity index is 2.23. The number of nitrogen functional groups attached to an aromatic ring is 1. The maximum atomic E-state index is 12.3. The Labute approximate surface area is 127 Å². The molecule has 108 valence electrons. The maximum absolute atomic E-state index is 12.3. The number of benzene rings is 2. The maximum Gasteiger partial charge on any atom is 0.257 e. The Bertz CT molecular complexity index is 671. The molecule has 21 heavy (non-hydrogen) atoms. The number of anilines is 2. The van der Waals surface area contributed by atoms with Crippen molar-refractivity contribution in [2.45, 2.75) is 4.90 Å². The topological polar surface area (TPSA) is 75.3 Å². The number of phenolic OH excluding ortho intramolecular Hbond substituents is 1. The van der Waals surface area contributed by atoms with Gasteiger partial charge in [-0.1, -0.05) is 18.2 Å². The average molecular weight is 300 g/mol. The minimum atomic E-state index is -0.352. The molecule has 4 N–H and O–H groups in total. The van der Waals surface area contributed by atoms with Gasteiger partial charge in [0.05, 0.1) is 11.3 Å². The van der Waals surface area contributed by atoms with Crippen molar-refractivity contribution >= 4 is 29.0 Å². The average Bonchev–Trinajstić information content (AvgIpc) is 2.48. The lowest BCUT2D eigenvalue weighted by Gasteiger charge is -2.11. The number of aromatic hydroxyl groups is 1. The van der Waals surface area contributed by atoms with Gasteiger partial charge < -0.3 is 16.2 Å². The van der Waals surface area contributed by atoms with E-state index in [0.717, 1.165) is 10.6 Å². The van der Waals surface area contributed by atoms with Gasteiger partial charge >= 0.3 is 0 Å². The Morgan fingerprint density at radius 3 is 2.86 bits per heavy atom. The fraction of sp³-hybridized carbons (Fsp3) is 0.0625. The lowest BCUT2D eigenvalue weighted by atomic mass is 10.1. The fourth-order valence-electron chi connectivity index (χ4n) is 1.78. The normalized spacial score (nSPS) is 10.1. The van der Waals surface area contributed by atoms with E-state index in [-0.39, 0.29) is 17.2 Å². The molecule has 2 aromatic carbocycles. The van der Waals surface area contributed by atoms with Gasteiger partial charge in [0, 0.05) is 16.3 Å². The molecular weight excluding hydrogens is 284 g/mol. The summed E-state index contributed by atoms with van der Waals surface area (Å²) in [6, 6.07) is 11.8. The molecule has 4 nitrogen and oxygen atoms in total. The molecule has 0 bridgehead atoms. The Hall–Kier alpha value is -2.40. The number of thioether (sulfide) groups is 1. The second-order valence-corrected chi connectivity index (χ2v) is 5.38. The first kappa shape index (κ1) is 15.0. The van der Waals surface area contributed by atoms with Crippen LogP contribution in [0.25, 0.3) is 0 Å². The summed E-state index contributed by atoms with van der Waals surface area (Å²) in [5, 5.41) is 12.3. The summed E-state index contributed by atoms with van der Waals surface area (Å²) in [5.41, 5.74) is 7.05. The standard InChI is InChI=1S/C16H16N2O2S/c1-2-9-21-15-6-4-3-5-14(15)18-16(20)12-10-11(19)7-8-13(12)17/h2-8,10,19H,1,9,17H2,(H,18,20). The lowest BCUT2D eigenvalue weighted by Crippen LogP contribution is -2.14. The van der Waals surface area contributed by atoms with Gasteiger partial charge in [-0.3, -0.25) is 4.79 Å². The van der Waals surface area contributed by atoms with Crippen LogP contribution in [0.4, 0.5) is 11.4 Å². The van der Waals surface area contributed by atoms with Crippen LogP contribution in [0.2, 0.25) is 0 Å². The first-order chi connectivity index (χ1) is 10.1. The summed E-state index contributed by atoms with van der Waals surface area (Å²) in [7, 11) is 0. The van der Waals surface area contributed by atoms with Crippen molar-refractivity contribution in [2.24, 2.45) is 0 Å². The second kappa shape index (κ2) is 6.85. The van der Waals surface area contributed by atoms with Crippen molar-refractivity contribution in [1.82, 2.24) is 0 Å². The zero-order valence-corrected chi connectivity index (χ0v) is 12.2. The molecule has 0 saturated heterocycles. The third-order valence-electron chi connectivity index (χ3n) is 2.77. The third kappa shape index (κ3) is 3.79. The van der Waals surface area contributed by atoms with Gasteiger partial charge in [0.2, 0.25) is 0 Å². The largest absolute Gasteiger partial charge is 0.508 e. The van der Waals surface area contributed by atoms with Gasteiger partial charge in [-0.2, -0.15) is 0 Å². The molecule has 0 fully saturated rings. The SMILES string of the molecule is C=CCSc1ccccc1NC(=O)c1cc(O)ccc1N. The molecule has 0 aliphatic heterocycles. The van der Waals surface area contributed by atoms with Gasteiger partial charge in [-0.25, -0.2) is 0 Å². The Morgan fingerprint density at radius 2 is 2.10 bits per heavy atom. The number of phenols is 1. The molecule has 0 atom stereocenters. The predicted octanol–water partition coefficient (Wildman–Crippen LogP) is 3.50. The molecule has 0 aromatic heterocycles. The molecule has 2 aromatic rings. The Morgan fingerprint density at radius 1 is 1.33 bits per heavy atom.